The number of nitrogens with zero attached hydrogens (tertiary/aromatic N) is 3. The monoisotopic (exact) mass is 325 g/mol. The molecule has 0 atom stereocenters. The van der Waals surface area contributed by atoms with Crippen LogP contribution in [0.2, 0.25) is 0 Å². The van der Waals surface area contributed by atoms with Gasteiger partial charge < -0.3 is 0 Å². The lowest BCUT2D eigenvalue weighted by molar-refractivity contribution is 0.235. The van der Waals surface area contributed by atoms with Crippen molar-refractivity contribution in [1.82, 2.24) is 14.8 Å². The van der Waals surface area contributed by atoms with Gasteiger partial charge in [-0.1, -0.05) is 13.8 Å². The molecule has 0 radical (unpaired) electrons. The highest BCUT2D eigenvalue weighted by Crippen LogP contribution is 2.37. The number of fused-ring (bicyclic) bond motifs is 1. The molecule has 0 N–H and O–H groups in total. The summed E-state index contributed by atoms with van der Waals surface area (Å²) < 4.78 is 31.1. The Bertz CT molecular complexity index is 653. The minimum atomic E-state index is -0.374. The van der Waals surface area contributed by atoms with E-state index in [1.807, 2.05) is 4.68 Å². The van der Waals surface area contributed by atoms with Crippen molar-refractivity contribution < 1.29 is 7.13 Å². The van der Waals surface area contributed by atoms with E-state index >= 15 is 0 Å². The highest BCUT2D eigenvalue weighted by atomic mass is 79.9. The quantitative estimate of drug-likeness (QED) is 0.798. The summed E-state index contributed by atoms with van der Waals surface area (Å²) in [7, 11) is 0. The first kappa shape index (κ1) is 10.5. The lowest BCUT2D eigenvalue weighted by Gasteiger charge is -2.30. The number of rotatable bonds is 1. The van der Waals surface area contributed by atoms with Crippen LogP contribution in [0.3, 0.4) is 0 Å². The van der Waals surface area contributed by atoms with E-state index in [0.717, 1.165) is 23.0 Å². The number of aromatic nitrogens is 3. The fourth-order valence-electron chi connectivity index (χ4n) is 2.30. The second-order valence-corrected chi connectivity index (χ2v) is 5.92. The van der Waals surface area contributed by atoms with Crippen molar-refractivity contribution >= 4 is 15.9 Å². The SMILES string of the molecule is [2H]CC1(C[2H])CCc2c(Br)c(-c3ccc(F)cn3)nn2C1. The van der Waals surface area contributed by atoms with Crippen LogP contribution in [-0.4, -0.2) is 14.8 Å². The van der Waals surface area contributed by atoms with Gasteiger partial charge in [0.1, 0.15) is 11.5 Å². The van der Waals surface area contributed by atoms with E-state index in [0.29, 0.717) is 17.9 Å². The van der Waals surface area contributed by atoms with Gasteiger partial charge in [0.05, 0.1) is 22.1 Å². The molecule has 2 aromatic rings. The van der Waals surface area contributed by atoms with Gasteiger partial charge in [-0.3, -0.25) is 9.67 Å². The van der Waals surface area contributed by atoms with Gasteiger partial charge >= 0.3 is 0 Å². The summed E-state index contributed by atoms with van der Waals surface area (Å²) in [6.45, 7) is 1.05. The second kappa shape index (κ2) is 4.40. The topological polar surface area (TPSA) is 30.7 Å². The average molecular weight is 326 g/mol. The summed E-state index contributed by atoms with van der Waals surface area (Å²) in [5.41, 5.74) is 2.06. The Morgan fingerprint density at radius 1 is 1.47 bits per heavy atom. The fraction of sp³-hybridized carbons (Fsp3) is 0.429. The van der Waals surface area contributed by atoms with Crippen LogP contribution in [-0.2, 0) is 13.0 Å². The van der Waals surface area contributed by atoms with Crippen LogP contribution >= 0.6 is 15.9 Å². The highest BCUT2D eigenvalue weighted by Gasteiger charge is 2.29. The van der Waals surface area contributed by atoms with E-state index in [4.69, 9.17) is 2.74 Å². The molecule has 0 saturated heterocycles. The Hall–Kier alpha value is -1.23. The number of pyridine rings is 1. The molecule has 0 unspecified atom stereocenters. The van der Waals surface area contributed by atoms with Crippen LogP contribution in [0.25, 0.3) is 11.4 Å². The molecular weight excluding hydrogens is 309 g/mol. The first-order valence-corrected chi connectivity index (χ1v) is 6.83. The van der Waals surface area contributed by atoms with Gasteiger partial charge in [-0.05, 0) is 46.3 Å². The summed E-state index contributed by atoms with van der Waals surface area (Å²) >= 11 is 3.56. The molecule has 3 heterocycles. The molecular formula is C14H15BrFN3. The van der Waals surface area contributed by atoms with Gasteiger partial charge in [-0.25, -0.2) is 4.39 Å². The largest absolute Gasteiger partial charge is 0.267 e. The van der Waals surface area contributed by atoms with Gasteiger partial charge in [-0.15, -0.1) is 0 Å². The molecule has 5 heteroatoms. The van der Waals surface area contributed by atoms with Crippen LogP contribution in [0.15, 0.2) is 22.8 Å². The Balaban J connectivity index is 2.00. The summed E-state index contributed by atoms with van der Waals surface area (Å²) in [5.74, 6) is -0.374. The summed E-state index contributed by atoms with van der Waals surface area (Å²) in [5, 5.41) is 4.56. The number of hydrogen-bond acceptors (Lipinski definition) is 2. The molecule has 3 nitrogen and oxygen atoms in total. The fourth-order valence-corrected chi connectivity index (χ4v) is 2.99. The third-order valence-corrected chi connectivity index (χ3v) is 4.17. The molecule has 100 valence electrons. The minimum absolute atomic E-state index is 0.234. The molecule has 3 rings (SSSR count). The second-order valence-electron chi connectivity index (χ2n) is 5.13. The van der Waals surface area contributed by atoms with E-state index < -0.39 is 0 Å². The number of halogens is 2. The Kier molecular flexibility index (Phi) is 2.44. The predicted octanol–water partition coefficient (Wildman–Crippen LogP) is 3.82. The zero-order valence-electron chi connectivity index (χ0n) is 12.4. The first-order valence-electron chi connectivity index (χ1n) is 7.45. The van der Waals surface area contributed by atoms with E-state index in [1.54, 1.807) is 6.07 Å². The van der Waals surface area contributed by atoms with Crippen LogP contribution in [0.5, 0.6) is 0 Å². The lowest BCUT2D eigenvalue weighted by Crippen LogP contribution is -2.27. The molecule has 0 saturated carbocycles. The molecule has 1 aliphatic rings. The number of hydrogen-bond donors (Lipinski definition) is 0. The van der Waals surface area contributed by atoms with Gasteiger partial charge in [0.15, 0.2) is 0 Å². The van der Waals surface area contributed by atoms with E-state index in [1.165, 1.54) is 12.3 Å². The third-order valence-electron chi connectivity index (χ3n) is 3.34. The standard InChI is InChI=1S/C14H15BrFN3/c1-14(2)6-5-11-12(15)13(18-19(11)8-14)10-4-3-9(16)7-17-10/h3-4,7H,5-6,8H2,1-2H3/i1D,2D. The van der Waals surface area contributed by atoms with Crippen LogP contribution < -0.4 is 0 Å². The van der Waals surface area contributed by atoms with Crippen molar-refractivity contribution in [2.75, 3.05) is 0 Å². The minimum Gasteiger partial charge on any atom is -0.267 e. The molecule has 0 spiro atoms. The molecule has 2 aromatic heterocycles. The molecule has 1 aliphatic heterocycles. The Morgan fingerprint density at radius 3 is 3.00 bits per heavy atom. The Labute approximate surface area is 122 Å². The van der Waals surface area contributed by atoms with E-state index in [-0.39, 0.29) is 25.0 Å². The smallest absolute Gasteiger partial charge is 0.141 e. The zero-order valence-corrected chi connectivity index (χ0v) is 12.0. The maximum absolute atomic E-state index is 13.0. The van der Waals surface area contributed by atoms with Crippen molar-refractivity contribution in [2.24, 2.45) is 5.41 Å². The van der Waals surface area contributed by atoms with Crippen molar-refractivity contribution in [3.8, 4) is 11.4 Å². The van der Waals surface area contributed by atoms with Gasteiger partial charge in [0, 0.05) is 9.29 Å². The van der Waals surface area contributed by atoms with Crippen LogP contribution in [0.4, 0.5) is 4.39 Å². The zero-order chi connectivity index (χ0) is 15.0. The van der Waals surface area contributed by atoms with Crippen LogP contribution in [0.1, 0.15) is 28.7 Å². The molecule has 0 fully saturated rings. The van der Waals surface area contributed by atoms with Gasteiger partial charge in [0.25, 0.3) is 0 Å². The van der Waals surface area contributed by atoms with Crippen LogP contribution in [0, 0.1) is 11.2 Å². The highest BCUT2D eigenvalue weighted by molar-refractivity contribution is 9.10. The van der Waals surface area contributed by atoms with Gasteiger partial charge in [-0.2, -0.15) is 5.10 Å². The lowest BCUT2D eigenvalue weighted by atomic mass is 9.85. The van der Waals surface area contributed by atoms with Crippen molar-refractivity contribution in [1.29, 1.82) is 0 Å². The molecule has 0 amide bonds. The summed E-state index contributed by atoms with van der Waals surface area (Å²) in [6.07, 6.45) is 2.78. The Morgan fingerprint density at radius 2 is 2.32 bits per heavy atom. The third kappa shape index (κ3) is 2.31. The van der Waals surface area contributed by atoms with E-state index in [9.17, 15) is 4.39 Å². The van der Waals surface area contributed by atoms with Crippen molar-refractivity contribution in [2.45, 2.75) is 33.2 Å². The van der Waals surface area contributed by atoms with Crippen molar-refractivity contribution in [3.63, 3.8) is 0 Å². The van der Waals surface area contributed by atoms with E-state index in [2.05, 4.69) is 26.0 Å². The molecule has 0 aliphatic carbocycles. The van der Waals surface area contributed by atoms with Crippen molar-refractivity contribution in [3.05, 3.63) is 34.3 Å². The first-order chi connectivity index (χ1) is 10.1. The maximum atomic E-state index is 13.0. The molecule has 19 heavy (non-hydrogen) atoms. The summed E-state index contributed by atoms with van der Waals surface area (Å²) in [6, 6.07) is 2.97. The predicted molar refractivity (Wildman–Crippen MR) is 75.2 cm³/mol. The summed E-state index contributed by atoms with van der Waals surface area (Å²) in [4.78, 5) is 4.07. The molecule has 0 aromatic carbocycles. The normalized spacial score (nSPS) is 18.6. The maximum Gasteiger partial charge on any atom is 0.141 e. The average Bonchev–Trinajstić information content (AvgIpc) is 2.84. The molecule has 0 bridgehead atoms. The van der Waals surface area contributed by atoms with Gasteiger partial charge in [0.2, 0.25) is 0 Å².